The molecule has 0 aliphatic carbocycles. The molecule has 54 heavy (non-hydrogen) atoms. The topological polar surface area (TPSA) is 37.4 Å². The molecule has 6 rings (SSSR count). The summed E-state index contributed by atoms with van der Waals surface area (Å²) in [7, 11) is 8.02. The van der Waals surface area contributed by atoms with Gasteiger partial charge in [-0.2, -0.15) is 0 Å². The summed E-state index contributed by atoms with van der Waals surface area (Å²) in [5.74, 6) is 2.22. The fourth-order valence-corrected chi connectivity index (χ4v) is 8.03. The first-order chi connectivity index (χ1) is 26.5. The van der Waals surface area contributed by atoms with Gasteiger partial charge in [-0.05, 0) is 59.2 Å². The number of pyridine rings is 2. The van der Waals surface area contributed by atoms with Gasteiger partial charge in [0.25, 0.3) is 0 Å². The van der Waals surface area contributed by atoms with Crippen molar-refractivity contribution in [3.63, 3.8) is 0 Å². The lowest BCUT2D eigenvalue weighted by molar-refractivity contribution is -0.696. The summed E-state index contributed by atoms with van der Waals surface area (Å²) < 4.78 is 13.3. The van der Waals surface area contributed by atoms with Gasteiger partial charge in [0.2, 0.25) is 12.7 Å². The summed E-state index contributed by atoms with van der Waals surface area (Å²) in [6, 6.07) is 26.1. The summed E-state index contributed by atoms with van der Waals surface area (Å²) in [6.45, 7) is 5.10. The van der Waals surface area contributed by atoms with Crippen molar-refractivity contribution in [3.8, 4) is 0 Å². The Kier molecular flexibility index (Phi) is 15.2. The number of benzene rings is 2. The molecule has 0 saturated carbocycles. The molecule has 0 spiro atoms. The highest BCUT2D eigenvalue weighted by Gasteiger charge is 2.07. The van der Waals surface area contributed by atoms with Crippen molar-refractivity contribution in [2.24, 2.45) is 14.1 Å². The van der Waals surface area contributed by atoms with Crippen molar-refractivity contribution in [1.29, 1.82) is 0 Å². The van der Waals surface area contributed by atoms with Gasteiger partial charge >= 0.3 is 0 Å². The minimum absolute atomic E-state index is 0.950. The normalized spacial score (nSPS) is 11.6. The van der Waals surface area contributed by atoms with Gasteiger partial charge in [0.05, 0.1) is 26.2 Å². The van der Waals surface area contributed by atoms with Crippen LogP contribution in [0.1, 0.15) is 47.1 Å². The third-order valence-electron chi connectivity index (χ3n) is 9.33. The van der Waals surface area contributed by atoms with Gasteiger partial charge < -0.3 is 5.32 Å². The maximum atomic E-state index is 3.56. The molecule has 0 unspecified atom stereocenters. The van der Waals surface area contributed by atoms with Crippen LogP contribution in [-0.2, 0) is 46.7 Å². The molecule has 9 heteroatoms. The van der Waals surface area contributed by atoms with E-state index in [-0.39, 0.29) is 0 Å². The minimum atomic E-state index is 0.950. The molecule has 1 N–H and O–H groups in total. The second kappa shape index (κ2) is 21.1. The van der Waals surface area contributed by atoms with E-state index < -0.39 is 0 Å². The van der Waals surface area contributed by atoms with E-state index in [1.54, 1.807) is 0 Å². The van der Waals surface area contributed by atoms with E-state index in [4.69, 9.17) is 0 Å². The van der Waals surface area contributed by atoms with E-state index in [9.17, 15) is 0 Å². The van der Waals surface area contributed by atoms with Crippen LogP contribution in [0.25, 0.3) is 24.3 Å². The van der Waals surface area contributed by atoms with Crippen LogP contribution in [0.3, 0.4) is 0 Å². The third kappa shape index (κ3) is 13.5. The summed E-state index contributed by atoms with van der Waals surface area (Å²) in [5.41, 5.74) is 7.45. The molecule has 0 atom stereocenters. The number of aryl methyl sites for hydroxylation is 7. The Morgan fingerprint density at radius 1 is 0.537 bits per heavy atom. The Morgan fingerprint density at radius 3 is 1.52 bits per heavy atom. The highest BCUT2D eigenvalue weighted by Crippen LogP contribution is 2.21. The lowest BCUT2D eigenvalue weighted by atomic mass is 10.1. The number of nitrogens with one attached hydrogen (secondary N) is 1. The number of nitrogens with zero attached hydrogens (tertiary/aromatic N) is 6. The van der Waals surface area contributed by atoms with Gasteiger partial charge in [-0.15, -0.1) is 0 Å². The fourth-order valence-electron chi connectivity index (χ4n) is 6.07. The quantitative estimate of drug-likeness (QED) is 0.0471. The molecule has 4 heterocycles. The predicted octanol–water partition coefficient (Wildman–Crippen LogP) is 7.46. The molecule has 0 bridgehead atoms. The number of hydrogen-bond acceptors (Lipinski definition) is 3. The van der Waals surface area contributed by atoms with Crippen LogP contribution in [0.5, 0.6) is 0 Å². The van der Waals surface area contributed by atoms with Crippen LogP contribution in [-0.4, -0.2) is 27.2 Å². The SMILES string of the molecule is C[n+]1ccc(/C=C/c2ccc(CCCC[n+]3ccn(CCSSCCn4cc[n+](CCCNc5ccc(/C=C/c6cc[n+](C)cc6)cc5)c4)c3)cc2)cc1. The van der Waals surface area contributed by atoms with E-state index in [1.165, 1.54) is 46.3 Å². The first-order valence-electron chi connectivity index (χ1n) is 19.1. The molecule has 0 amide bonds. The van der Waals surface area contributed by atoms with Crippen molar-refractivity contribution < 1.29 is 18.3 Å². The lowest BCUT2D eigenvalue weighted by Crippen LogP contribution is -2.32. The van der Waals surface area contributed by atoms with Gasteiger partial charge in [-0.3, -0.25) is 0 Å². The maximum absolute atomic E-state index is 3.56. The Bertz CT molecular complexity index is 1880. The largest absolute Gasteiger partial charge is 0.385 e. The Balaban J connectivity index is 0.774. The Hall–Kier alpha value is -4.86. The summed E-state index contributed by atoms with van der Waals surface area (Å²) in [4.78, 5) is 0. The standard InChI is InChI=1S/C45H54N7S2/c1-47-26-19-43(20-27-47)13-11-41-9-7-40(8-10-41)6-3-4-24-49-30-32-51(38-49)34-36-53-54-37-35-52-33-31-50(39-52)25-5-23-46-45-17-15-42(16-18-45)12-14-44-21-28-48(2)29-22-44/h7-22,26-33,38-39H,3-6,23-25,34-37H2,1-2H3/q+3/p+1/b13-11+. The van der Waals surface area contributed by atoms with E-state index >= 15 is 0 Å². The second-order valence-electron chi connectivity index (χ2n) is 13.8. The van der Waals surface area contributed by atoms with E-state index in [0.717, 1.165) is 57.1 Å². The molecule has 7 nitrogen and oxygen atoms in total. The van der Waals surface area contributed by atoms with Crippen LogP contribution in [0, 0.1) is 0 Å². The first-order valence-corrected chi connectivity index (χ1v) is 21.6. The van der Waals surface area contributed by atoms with Crippen LogP contribution < -0.4 is 23.6 Å². The average molecular weight is 758 g/mol. The van der Waals surface area contributed by atoms with E-state index in [1.807, 2.05) is 40.3 Å². The van der Waals surface area contributed by atoms with Crippen LogP contribution in [0.4, 0.5) is 5.69 Å². The molecular weight excluding hydrogens is 703 g/mol. The second-order valence-corrected chi connectivity index (χ2v) is 16.5. The summed E-state index contributed by atoms with van der Waals surface area (Å²) in [5, 5.41) is 3.56. The van der Waals surface area contributed by atoms with Crippen molar-refractivity contribution in [2.75, 3.05) is 23.4 Å². The fraction of sp³-hybridized carbons (Fsp3) is 0.289. The van der Waals surface area contributed by atoms with Crippen molar-refractivity contribution in [1.82, 2.24) is 9.13 Å². The maximum Gasteiger partial charge on any atom is 0.243 e. The highest BCUT2D eigenvalue weighted by molar-refractivity contribution is 8.76. The molecule has 0 aliphatic rings. The van der Waals surface area contributed by atoms with Gasteiger partial charge in [0.1, 0.15) is 38.9 Å². The van der Waals surface area contributed by atoms with Crippen LogP contribution in [0.15, 0.2) is 135 Å². The summed E-state index contributed by atoms with van der Waals surface area (Å²) >= 11 is 0. The number of unbranched alkanes of at least 4 members (excludes halogenated alkanes) is 1. The number of aromatic nitrogens is 6. The molecule has 2 aromatic carbocycles. The van der Waals surface area contributed by atoms with Crippen molar-refractivity contribution in [3.05, 3.63) is 163 Å². The molecule has 0 saturated heterocycles. The highest BCUT2D eigenvalue weighted by atomic mass is 33.1. The van der Waals surface area contributed by atoms with Crippen molar-refractivity contribution in [2.45, 2.75) is 51.9 Å². The zero-order chi connectivity index (χ0) is 37.2. The van der Waals surface area contributed by atoms with Gasteiger partial charge in [-0.1, -0.05) is 82.3 Å². The smallest absolute Gasteiger partial charge is 0.243 e. The summed E-state index contributed by atoms with van der Waals surface area (Å²) in [6.07, 6.45) is 34.8. The predicted molar refractivity (Wildman–Crippen MR) is 226 cm³/mol. The Labute approximate surface area is 329 Å². The van der Waals surface area contributed by atoms with E-state index in [2.05, 4.69) is 187 Å². The van der Waals surface area contributed by atoms with E-state index in [0.29, 0.717) is 0 Å². The van der Waals surface area contributed by atoms with Crippen LogP contribution in [0.2, 0.25) is 0 Å². The Morgan fingerprint density at radius 2 is 1.00 bits per heavy atom. The average Bonchev–Trinajstić information content (AvgIpc) is 3.86. The third-order valence-corrected chi connectivity index (χ3v) is 11.7. The number of anilines is 1. The molecule has 4 aromatic heterocycles. The monoisotopic (exact) mass is 757 g/mol. The number of imidazole rings is 2. The number of rotatable bonds is 21. The minimum Gasteiger partial charge on any atom is -0.385 e. The van der Waals surface area contributed by atoms with Crippen LogP contribution >= 0.6 is 21.6 Å². The van der Waals surface area contributed by atoms with Crippen molar-refractivity contribution >= 4 is 51.6 Å². The molecule has 0 aliphatic heterocycles. The van der Waals surface area contributed by atoms with Gasteiger partial charge in [0, 0.05) is 54.4 Å². The van der Waals surface area contributed by atoms with Gasteiger partial charge in [-0.25, -0.2) is 27.4 Å². The van der Waals surface area contributed by atoms with Gasteiger partial charge in [0.15, 0.2) is 24.8 Å². The first kappa shape index (κ1) is 38.9. The molecule has 0 radical (unpaired) electrons. The molecule has 6 aromatic rings. The number of hydrogen-bond donors (Lipinski definition) is 1. The lowest BCUT2D eigenvalue weighted by Gasteiger charge is -2.05. The molecule has 278 valence electrons. The molecule has 0 fully saturated rings. The zero-order valence-electron chi connectivity index (χ0n) is 31.8. The zero-order valence-corrected chi connectivity index (χ0v) is 33.4. The molecular formula is C45H55N7S2+4.